The lowest BCUT2D eigenvalue weighted by Gasteiger charge is -2.26. The third-order valence-corrected chi connectivity index (χ3v) is 4.82. The van der Waals surface area contributed by atoms with Crippen molar-refractivity contribution < 1.29 is 19.1 Å². The van der Waals surface area contributed by atoms with Crippen molar-refractivity contribution in [2.75, 3.05) is 6.54 Å². The first-order chi connectivity index (χ1) is 12.1. The van der Waals surface area contributed by atoms with E-state index < -0.39 is 11.7 Å². The molecular weight excluding hydrogens is 338 g/mol. The van der Waals surface area contributed by atoms with Crippen molar-refractivity contribution in [1.29, 1.82) is 0 Å². The van der Waals surface area contributed by atoms with Crippen molar-refractivity contribution in [3.8, 4) is 5.75 Å². The molecule has 0 aliphatic rings. The number of aliphatic hydroxyl groups is 1. The van der Waals surface area contributed by atoms with Gasteiger partial charge in [0.05, 0.1) is 12.8 Å². The quantitative estimate of drug-likeness (QED) is 0.681. The molecule has 0 aliphatic heterocycles. The molecule has 6 heteroatoms. The van der Waals surface area contributed by atoms with E-state index in [1.165, 1.54) is 17.6 Å². The smallest absolute Gasteiger partial charge is 0.260 e. The van der Waals surface area contributed by atoms with E-state index in [1.54, 1.807) is 31.2 Å². The van der Waals surface area contributed by atoms with Crippen LogP contribution in [0.3, 0.4) is 0 Å². The first-order valence-electron chi connectivity index (χ1n) is 7.89. The van der Waals surface area contributed by atoms with Crippen molar-refractivity contribution in [3.05, 3.63) is 76.9 Å². The molecule has 1 amide bonds. The summed E-state index contributed by atoms with van der Waals surface area (Å²) in [6.45, 7) is 1.65. The van der Waals surface area contributed by atoms with Gasteiger partial charge < -0.3 is 19.6 Å². The number of carbonyl (C=O) groups is 1. The molecule has 0 saturated heterocycles. The highest BCUT2D eigenvalue weighted by Crippen LogP contribution is 2.32. The maximum absolute atomic E-state index is 12.4. The lowest BCUT2D eigenvalue weighted by Crippen LogP contribution is -2.45. The Kier molecular flexibility index (Phi) is 5.21. The molecule has 0 spiro atoms. The van der Waals surface area contributed by atoms with Crippen LogP contribution in [0.5, 0.6) is 5.75 Å². The summed E-state index contributed by atoms with van der Waals surface area (Å²) in [4.78, 5) is 13.1. The number of rotatable bonds is 7. The summed E-state index contributed by atoms with van der Waals surface area (Å²) in [6, 6.07) is 16.2. The molecule has 3 aromatic rings. The standard InChI is InChI=1S/C19H19NO4S/c1-14(24-15-7-3-2-4-8-15)18(21)20-13-19(22,16-9-5-11-23-16)17-10-6-12-25-17/h2-12,14,22H,13H2,1H3,(H,20,21). The lowest BCUT2D eigenvalue weighted by molar-refractivity contribution is -0.128. The fourth-order valence-corrected chi connectivity index (χ4v) is 3.27. The van der Waals surface area contributed by atoms with Crippen molar-refractivity contribution in [2.45, 2.75) is 18.6 Å². The Balaban J connectivity index is 1.68. The van der Waals surface area contributed by atoms with Gasteiger partial charge >= 0.3 is 0 Å². The van der Waals surface area contributed by atoms with Crippen LogP contribution in [-0.4, -0.2) is 23.7 Å². The van der Waals surface area contributed by atoms with E-state index >= 15 is 0 Å². The van der Waals surface area contributed by atoms with Crippen LogP contribution in [0.25, 0.3) is 0 Å². The second kappa shape index (κ2) is 7.55. The van der Waals surface area contributed by atoms with Crippen LogP contribution in [0.1, 0.15) is 17.6 Å². The molecule has 2 unspecified atom stereocenters. The summed E-state index contributed by atoms with van der Waals surface area (Å²) in [5, 5.41) is 15.7. The first kappa shape index (κ1) is 17.3. The summed E-state index contributed by atoms with van der Waals surface area (Å²) in [7, 11) is 0. The zero-order valence-electron chi connectivity index (χ0n) is 13.7. The molecule has 2 heterocycles. The summed E-state index contributed by atoms with van der Waals surface area (Å²) in [5.41, 5.74) is -1.42. The molecule has 130 valence electrons. The molecule has 5 nitrogen and oxygen atoms in total. The topological polar surface area (TPSA) is 71.7 Å². The van der Waals surface area contributed by atoms with Crippen LogP contribution in [0.2, 0.25) is 0 Å². The van der Waals surface area contributed by atoms with Crippen LogP contribution in [0.15, 0.2) is 70.7 Å². The average Bonchev–Trinajstić information content (AvgIpc) is 3.34. The summed E-state index contributed by atoms with van der Waals surface area (Å²) in [6.07, 6.45) is 0.809. The SMILES string of the molecule is CC(Oc1ccccc1)C(=O)NCC(O)(c1ccco1)c1cccs1. The van der Waals surface area contributed by atoms with Gasteiger partial charge in [-0.1, -0.05) is 24.3 Å². The molecule has 0 fully saturated rings. The van der Waals surface area contributed by atoms with E-state index in [1.807, 2.05) is 35.7 Å². The van der Waals surface area contributed by atoms with Crippen molar-refractivity contribution in [2.24, 2.45) is 0 Å². The highest BCUT2D eigenvalue weighted by molar-refractivity contribution is 7.10. The predicted molar refractivity (Wildman–Crippen MR) is 95.6 cm³/mol. The number of carbonyl (C=O) groups excluding carboxylic acids is 1. The zero-order chi connectivity index (χ0) is 17.7. The van der Waals surface area contributed by atoms with Gasteiger partial charge in [-0.05, 0) is 42.6 Å². The van der Waals surface area contributed by atoms with E-state index in [2.05, 4.69) is 5.32 Å². The molecule has 3 rings (SSSR count). The summed E-state index contributed by atoms with van der Waals surface area (Å²) < 4.78 is 11.0. The van der Waals surface area contributed by atoms with Gasteiger partial charge in [0.25, 0.3) is 5.91 Å². The Hall–Kier alpha value is -2.57. The molecule has 2 N–H and O–H groups in total. The van der Waals surface area contributed by atoms with Gasteiger partial charge in [0.2, 0.25) is 0 Å². The second-order valence-electron chi connectivity index (χ2n) is 5.61. The van der Waals surface area contributed by atoms with Gasteiger partial charge in [0.1, 0.15) is 11.5 Å². The molecule has 0 radical (unpaired) electrons. The number of thiophene rings is 1. The molecule has 25 heavy (non-hydrogen) atoms. The number of para-hydroxylation sites is 1. The van der Waals surface area contributed by atoms with Gasteiger partial charge in [-0.2, -0.15) is 0 Å². The average molecular weight is 357 g/mol. The molecular formula is C19H19NO4S. The van der Waals surface area contributed by atoms with Crippen molar-refractivity contribution >= 4 is 17.2 Å². The lowest BCUT2D eigenvalue weighted by atomic mass is 9.98. The minimum atomic E-state index is -1.42. The zero-order valence-corrected chi connectivity index (χ0v) is 14.5. The Labute approximate surface area is 149 Å². The number of furan rings is 1. The van der Waals surface area contributed by atoms with Crippen LogP contribution in [0, 0.1) is 0 Å². The Bertz CT molecular complexity index is 750. The molecule has 1 aromatic carbocycles. The fraction of sp³-hybridized carbons (Fsp3) is 0.211. The Morgan fingerprint density at radius 2 is 2.04 bits per heavy atom. The minimum Gasteiger partial charge on any atom is -0.481 e. The molecule has 2 atom stereocenters. The second-order valence-corrected chi connectivity index (χ2v) is 6.55. The normalized spacial score (nSPS) is 14.5. The van der Waals surface area contributed by atoms with Gasteiger partial charge in [-0.15, -0.1) is 11.3 Å². The number of benzene rings is 1. The van der Waals surface area contributed by atoms with Crippen LogP contribution < -0.4 is 10.1 Å². The van der Waals surface area contributed by atoms with Gasteiger partial charge in [0, 0.05) is 4.88 Å². The molecule has 0 aliphatic carbocycles. The predicted octanol–water partition coefficient (Wildman–Crippen LogP) is 3.16. The van der Waals surface area contributed by atoms with Crippen molar-refractivity contribution in [3.63, 3.8) is 0 Å². The number of amides is 1. The van der Waals surface area contributed by atoms with Gasteiger partial charge in [-0.25, -0.2) is 0 Å². The number of ether oxygens (including phenoxy) is 1. The molecule has 2 aromatic heterocycles. The largest absolute Gasteiger partial charge is 0.481 e. The third kappa shape index (κ3) is 3.92. The Morgan fingerprint density at radius 1 is 1.24 bits per heavy atom. The summed E-state index contributed by atoms with van der Waals surface area (Å²) in [5.74, 6) is 0.682. The van der Waals surface area contributed by atoms with Crippen molar-refractivity contribution in [1.82, 2.24) is 5.32 Å². The number of nitrogens with one attached hydrogen (secondary N) is 1. The maximum Gasteiger partial charge on any atom is 0.260 e. The number of hydrogen-bond acceptors (Lipinski definition) is 5. The number of hydrogen-bond donors (Lipinski definition) is 2. The molecule has 0 bridgehead atoms. The van der Waals surface area contributed by atoms with Gasteiger partial charge in [0.15, 0.2) is 11.7 Å². The van der Waals surface area contributed by atoms with E-state index in [0.717, 1.165) is 0 Å². The van der Waals surface area contributed by atoms with E-state index in [9.17, 15) is 9.90 Å². The molecule has 0 saturated carbocycles. The van der Waals surface area contributed by atoms with E-state index in [-0.39, 0.29) is 12.5 Å². The van der Waals surface area contributed by atoms with Crippen LogP contribution in [0.4, 0.5) is 0 Å². The van der Waals surface area contributed by atoms with Gasteiger partial charge in [-0.3, -0.25) is 4.79 Å². The fourth-order valence-electron chi connectivity index (χ4n) is 2.44. The first-order valence-corrected chi connectivity index (χ1v) is 8.77. The monoisotopic (exact) mass is 357 g/mol. The Morgan fingerprint density at radius 3 is 2.68 bits per heavy atom. The van der Waals surface area contributed by atoms with E-state index in [0.29, 0.717) is 16.4 Å². The highest BCUT2D eigenvalue weighted by atomic mass is 32.1. The van der Waals surface area contributed by atoms with Crippen LogP contribution in [-0.2, 0) is 10.4 Å². The maximum atomic E-state index is 12.4. The summed E-state index contributed by atoms with van der Waals surface area (Å²) >= 11 is 1.40. The van der Waals surface area contributed by atoms with Crippen LogP contribution >= 0.6 is 11.3 Å². The van der Waals surface area contributed by atoms with E-state index in [4.69, 9.17) is 9.15 Å². The highest BCUT2D eigenvalue weighted by Gasteiger charge is 2.36. The minimum absolute atomic E-state index is 0.0116. The third-order valence-electron chi connectivity index (χ3n) is 3.80.